The van der Waals surface area contributed by atoms with Crippen molar-refractivity contribution in [1.82, 2.24) is 5.32 Å². The van der Waals surface area contributed by atoms with Crippen LogP contribution >= 0.6 is 0 Å². The first-order chi connectivity index (χ1) is 9.50. The minimum atomic E-state index is 0.272. The molecule has 4 fully saturated rings. The van der Waals surface area contributed by atoms with Gasteiger partial charge in [0.2, 0.25) is 0 Å². The summed E-state index contributed by atoms with van der Waals surface area (Å²) in [6, 6.07) is 0.811. The van der Waals surface area contributed by atoms with Crippen LogP contribution in [0.1, 0.15) is 58.8 Å². The van der Waals surface area contributed by atoms with Gasteiger partial charge in [-0.05, 0) is 75.5 Å². The Labute approximate surface area is 122 Å². The maximum atomic E-state index is 8.68. The number of hydrogen-bond acceptors (Lipinski definition) is 3. The third kappa shape index (κ3) is 2.54. The molecule has 4 nitrogen and oxygen atoms in total. The van der Waals surface area contributed by atoms with Crippen LogP contribution in [0.2, 0.25) is 0 Å². The Balaban J connectivity index is 1.63. The zero-order valence-corrected chi connectivity index (χ0v) is 12.8. The summed E-state index contributed by atoms with van der Waals surface area (Å²) in [5, 5.41) is 15.5. The third-order valence-electron chi connectivity index (χ3n) is 6.18. The number of rotatable bonds is 5. The standard InChI is InChI=1S/C16H29N3O/c1-10(3-15(17)19-20)18-11(2)16-7-12-4-13(8-16)6-14(5-12)9-16/h10-14,18,20H,3-9H2,1-2H3,(H2,17,19). The molecule has 0 aromatic carbocycles. The summed E-state index contributed by atoms with van der Waals surface area (Å²) in [6.45, 7) is 4.49. The fourth-order valence-electron chi connectivity index (χ4n) is 5.72. The second-order valence-electron chi connectivity index (χ2n) is 7.86. The van der Waals surface area contributed by atoms with E-state index in [2.05, 4.69) is 24.3 Å². The van der Waals surface area contributed by atoms with Crippen molar-refractivity contribution in [1.29, 1.82) is 0 Å². The van der Waals surface area contributed by atoms with Gasteiger partial charge >= 0.3 is 0 Å². The van der Waals surface area contributed by atoms with Crippen molar-refractivity contribution >= 4 is 5.84 Å². The first-order valence-electron chi connectivity index (χ1n) is 8.23. The molecule has 0 aromatic heterocycles. The van der Waals surface area contributed by atoms with Gasteiger partial charge in [0.25, 0.3) is 0 Å². The Morgan fingerprint density at radius 3 is 2.15 bits per heavy atom. The lowest BCUT2D eigenvalue weighted by atomic mass is 9.48. The van der Waals surface area contributed by atoms with Crippen molar-refractivity contribution in [3.63, 3.8) is 0 Å². The monoisotopic (exact) mass is 279 g/mol. The molecule has 114 valence electrons. The SMILES string of the molecule is CC(CC(N)=NO)NC(C)C12CC3CC(CC(C3)C1)C2. The van der Waals surface area contributed by atoms with Crippen molar-refractivity contribution < 1.29 is 5.21 Å². The van der Waals surface area contributed by atoms with E-state index in [1.807, 2.05) is 0 Å². The Hall–Kier alpha value is -0.770. The second-order valence-corrected chi connectivity index (χ2v) is 7.86. The van der Waals surface area contributed by atoms with Gasteiger partial charge in [-0.15, -0.1) is 0 Å². The van der Waals surface area contributed by atoms with Crippen molar-refractivity contribution in [3.05, 3.63) is 0 Å². The topological polar surface area (TPSA) is 70.6 Å². The lowest BCUT2D eigenvalue weighted by Gasteiger charge is -2.59. The molecule has 0 aromatic rings. The van der Waals surface area contributed by atoms with E-state index >= 15 is 0 Å². The highest BCUT2D eigenvalue weighted by Gasteiger charge is 2.53. The van der Waals surface area contributed by atoms with Crippen LogP contribution in [0.15, 0.2) is 5.16 Å². The molecule has 2 unspecified atom stereocenters. The third-order valence-corrected chi connectivity index (χ3v) is 6.18. The number of oxime groups is 1. The predicted octanol–water partition coefficient (Wildman–Crippen LogP) is 2.71. The quantitative estimate of drug-likeness (QED) is 0.314. The Morgan fingerprint density at radius 2 is 1.70 bits per heavy atom. The minimum absolute atomic E-state index is 0.272. The Bertz CT molecular complexity index is 358. The van der Waals surface area contributed by atoms with Crippen LogP contribution in [-0.4, -0.2) is 23.1 Å². The molecule has 20 heavy (non-hydrogen) atoms. The molecule has 4 saturated carbocycles. The van der Waals surface area contributed by atoms with Crippen LogP contribution in [0.4, 0.5) is 0 Å². The zero-order valence-electron chi connectivity index (χ0n) is 12.8. The second kappa shape index (κ2) is 5.21. The molecule has 4 bridgehead atoms. The summed E-state index contributed by atoms with van der Waals surface area (Å²) >= 11 is 0. The molecule has 0 aliphatic heterocycles. The Morgan fingerprint density at radius 1 is 1.20 bits per heavy atom. The molecule has 0 radical (unpaired) electrons. The number of nitrogens with two attached hydrogens (primary N) is 1. The van der Waals surface area contributed by atoms with Gasteiger partial charge in [-0.2, -0.15) is 0 Å². The maximum absolute atomic E-state index is 8.68. The van der Waals surface area contributed by atoms with Gasteiger partial charge < -0.3 is 16.3 Å². The van der Waals surface area contributed by atoms with Crippen LogP contribution in [0.3, 0.4) is 0 Å². The highest BCUT2D eigenvalue weighted by molar-refractivity contribution is 5.80. The number of nitrogens with zero attached hydrogens (tertiary/aromatic N) is 1. The Kier molecular flexibility index (Phi) is 3.69. The summed E-state index contributed by atoms with van der Waals surface area (Å²) < 4.78 is 0. The summed E-state index contributed by atoms with van der Waals surface area (Å²) in [6.07, 6.45) is 9.35. The zero-order chi connectivity index (χ0) is 14.3. The minimum Gasteiger partial charge on any atom is -0.409 e. The average Bonchev–Trinajstić information content (AvgIpc) is 2.36. The van der Waals surface area contributed by atoms with E-state index in [9.17, 15) is 0 Å². The molecule has 0 heterocycles. The van der Waals surface area contributed by atoms with Gasteiger partial charge in [0.05, 0.1) is 0 Å². The average molecular weight is 279 g/mol. The van der Waals surface area contributed by atoms with Crippen molar-refractivity contribution in [2.45, 2.75) is 70.9 Å². The summed E-state index contributed by atoms with van der Waals surface area (Å²) in [4.78, 5) is 0. The lowest BCUT2D eigenvalue weighted by molar-refractivity contribution is -0.0717. The molecule has 4 heteroatoms. The van der Waals surface area contributed by atoms with Gasteiger partial charge in [0.1, 0.15) is 5.84 Å². The summed E-state index contributed by atoms with van der Waals surface area (Å²) in [5.74, 6) is 3.29. The van der Waals surface area contributed by atoms with Crippen molar-refractivity contribution in [3.8, 4) is 0 Å². The van der Waals surface area contributed by atoms with Gasteiger partial charge in [0, 0.05) is 18.5 Å². The first-order valence-corrected chi connectivity index (χ1v) is 8.23. The fourth-order valence-corrected chi connectivity index (χ4v) is 5.72. The molecular formula is C16H29N3O. The van der Waals surface area contributed by atoms with Crippen LogP contribution < -0.4 is 11.1 Å². The highest BCUT2D eigenvalue weighted by Crippen LogP contribution is 2.61. The van der Waals surface area contributed by atoms with Gasteiger partial charge in [-0.1, -0.05) is 5.16 Å². The predicted molar refractivity (Wildman–Crippen MR) is 80.7 cm³/mol. The first kappa shape index (κ1) is 14.2. The van der Waals surface area contributed by atoms with E-state index < -0.39 is 0 Å². The smallest absolute Gasteiger partial charge is 0.140 e. The molecule has 0 spiro atoms. The molecular weight excluding hydrogens is 250 g/mol. The number of amidine groups is 1. The number of hydrogen-bond donors (Lipinski definition) is 3. The van der Waals surface area contributed by atoms with Gasteiger partial charge in [-0.3, -0.25) is 0 Å². The van der Waals surface area contributed by atoms with Crippen LogP contribution in [-0.2, 0) is 0 Å². The highest BCUT2D eigenvalue weighted by atomic mass is 16.4. The van der Waals surface area contributed by atoms with Gasteiger partial charge in [0.15, 0.2) is 0 Å². The van der Waals surface area contributed by atoms with Crippen molar-refractivity contribution in [2.24, 2.45) is 34.1 Å². The molecule has 4 aliphatic carbocycles. The maximum Gasteiger partial charge on any atom is 0.140 e. The van der Waals surface area contributed by atoms with Crippen LogP contribution in [0.5, 0.6) is 0 Å². The van der Waals surface area contributed by atoms with E-state index in [0.717, 1.165) is 17.8 Å². The van der Waals surface area contributed by atoms with Crippen LogP contribution in [0.25, 0.3) is 0 Å². The largest absolute Gasteiger partial charge is 0.409 e. The molecule has 0 amide bonds. The molecule has 4 aliphatic rings. The molecule has 2 atom stereocenters. The van der Waals surface area contributed by atoms with E-state index in [4.69, 9.17) is 10.9 Å². The normalized spacial score (nSPS) is 42.7. The van der Waals surface area contributed by atoms with E-state index in [1.54, 1.807) is 0 Å². The van der Waals surface area contributed by atoms with Crippen LogP contribution in [0, 0.1) is 23.2 Å². The lowest BCUT2D eigenvalue weighted by Crippen LogP contribution is -2.56. The van der Waals surface area contributed by atoms with Crippen molar-refractivity contribution in [2.75, 3.05) is 0 Å². The van der Waals surface area contributed by atoms with E-state index in [0.29, 0.717) is 23.7 Å². The van der Waals surface area contributed by atoms with Gasteiger partial charge in [-0.25, -0.2) is 0 Å². The van der Waals surface area contributed by atoms with E-state index in [-0.39, 0.29) is 6.04 Å². The molecule has 4 N–H and O–H groups in total. The molecule has 0 saturated heterocycles. The molecule has 4 rings (SSSR count). The summed E-state index contributed by atoms with van der Waals surface area (Å²) in [7, 11) is 0. The number of nitrogens with one attached hydrogen (secondary N) is 1. The fraction of sp³-hybridized carbons (Fsp3) is 0.938. The summed E-state index contributed by atoms with van der Waals surface area (Å²) in [5.41, 5.74) is 6.14. The van der Waals surface area contributed by atoms with E-state index in [1.165, 1.54) is 38.5 Å².